The number of carbonyl (C=O) groups is 2. The standard InChI is InChI=1S/C21H18N2O5/c1-3-12-22-18(14-8-10-16(11-9-14)23(27)28)17(20(25)21(22)26)19(24)15-6-4-13(2)5-7-15/h3-11,18,24H,1,12H2,2H3/b19-17-. The van der Waals surface area contributed by atoms with Crippen molar-refractivity contribution >= 4 is 23.1 Å². The number of likely N-dealkylation sites (tertiary alicyclic amines) is 1. The zero-order chi connectivity index (χ0) is 20.4. The van der Waals surface area contributed by atoms with E-state index in [4.69, 9.17) is 0 Å². The summed E-state index contributed by atoms with van der Waals surface area (Å²) < 4.78 is 0. The molecule has 0 radical (unpaired) electrons. The molecule has 3 rings (SSSR count). The van der Waals surface area contributed by atoms with Gasteiger partial charge in [-0.1, -0.05) is 35.9 Å². The van der Waals surface area contributed by atoms with E-state index in [9.17, 15) is 24.8 Å². The number of Topliss-reactive ketones (excluding diaryl/α,β-unsaturated/α-hetero) is 1. The molecule has 7 nitrogen and oxygen atoms in total. The van der Waals surface area contributed by atoms with E-state index in [0.29, 0.717) is 11.1 Å². The molecule has 0 bridgehead atoms. The first-order chi connectivity index (χ1) is 13.3. The number of rotatable bonds is 5. The molecule has 1 aliphatic heterocycles. The Morgan fingerprint density at radius 3 is 2.32 bits per heavy atom. The molecule has 1 atom stereocenters. The second kappa shape index (κ2) is 7.48. The number of benzene rings is 2. The van der Waals surface area contributed by atoms with Crippen molar-refractivity contribution in [2.24, 2.45) is 0 Å². The van der Waals surface area contributed by atoms with Crippen LogP contribution < -0.4 is 0 Å². The number of carbonyl (C=O) groups excluding carboxylic acids is 2. The lowest BCUT2D eigenvalue weighted by atomic mass is 9.95. The van der Waals surface area contributed by atoms with Crippen LogP contribution in [0.4, 0.5) is 5.69 Å². The number of non-ortho nitro benzene ring substituents is 1. The number of amides is 1. The molecule has 142 valence electrons. The maximum atomic E-state index is 12.7. The Bertz CT molecular complexity index is 990. The Hall–Kier alpha value is -3.74. The lowest BCUT2D eigenvalue weighted by molar-refractivity contribution is -0.384. The third kappa shape index (κ3) is 3.29. The van der Waals surface area contributed by atoms with Gasteiger partial charge in [-0.05, 0) is 24.6 Å². The van der Waals surface area contributed by atoms with Crippen molar-refractivity contribution in [2.75, 3.05) is 6.54 Å². The SMILES string of the molecule is C=CCN1C(=O)C(=O)/C(=C(\O)c2ccc(C)cc2)C1c1ccc([N+](=O)[O-])cc1. The van der Waals surface area contributed by atoms with Gasteiger partial charge >= 0.3 is 0 Å². The van der Waals surface area contributed by atoms with Crippen LogP contribution in [0.2, 0.25) is 0 Å². The molecule has 1 amide bonds. The summed E-state index contributed by atoms with van der Waals surface area (Å²) in [6.45, 7) is 5.60. The highest BCUT2D eigenvalue weighted by atomic mass is 16.6. The second-order valence-corrected chi connectivity index (χ2v) is 6.45. The lowest BCUT2D eigenvalue weighted by Gasteiger charge is -2.24. The van der Waals surface area contributed by atoms with Crippen LogP contribution >= 0.6 is 0 Å². The van der Waals surface area contributed by atoms with Crippen LogP contribution in [0.1, 0.15) is 22.7 Å². The molecule has 2 aromatic carbocycles. The minimum atomic E-state index is -0.861. The molecule has 7 heteroatoms. The molecule has 1 fully saturated rings. The van der Waals surface area contributed by atoms with Crippen LogP contribution in [-0.4, -0.2) is 33.2 Å². The first-order valence-corrected chi connectivity index (χ1v) is 8.56. The number of ketones is 1. The Labute approximate surface area is 161 Å². The van der Waals surface area contributed by atoms with E-state index in [1.165, 1.54) is 35.2 Å². The molecule has 28 heavy (non-hydrogen) atoms. The third-order valence-electron chi connectivity index (χ3n) is 4.61. The number of hydrogen-bond acceptors (Lipinski definition) is 5. The van der Waals surface area contributed by atoms with Crippen molar-refractivity contribution < 1.29 is 19.6 Å². The zero-order valence-electron chi connectivity index (χ0n) is 15.2. The normalized spacial score (nSPS) is 18.3. The Kier molecular flexibility index (Phi) is 5.08. The second-order valence-electron chi connectivity index (χ2n) is 6.45. The van der Waals surface area contributed by atoms with Gasteiger partial charge in [0.25, 0.3) is 17.4 Å². The molecule has 2 aromatic rings. The molecule has 0 aromatic heterocycles. The minimum Gasteiger partial charge on any atom is -0.507 e. The molecule has 1 N–H and O–H groups in total. The van der Waals surface area contributed by atoms with E-state index < -0.39 is 22.7 Å². The molecule has 1 saturated heterocycles. The lowest BCUT2D eigenvalue weighted by Crippen LogP contribution is -2.29. The highest BCUT2D eigenvalue weighted by Crippen LogP contribution is 2.39. The molecule has 0 spiro atoms. The number of aryl methyl sites for hydroxylation is 1. The van der Waals surface area contributed by atoms with Gasteiger partial charge < -0.3 is 10.0 Å². The van der Waals surface area contributed by atoms with Crippen LogP contribution in [0.15, 0.2) is 66.8 Å². The Morgan fingerprint density at radius 1 is 1.18 bits per heavy atom. The van der Waals surface area contributed by atoms with Crippen molar-refractivity contribution in [1.29, 1.82) is 0 Å². The van der Waals surface area contributed by atoms with Gasteiger partial charge in [0.15, 0.2) is 0 Å². The fourth-order valence-electron chi connectivity index (χ4n) is 3.20. The molecule has 1 unspecified atom stereocenters. The van der Waals surface area contributed by atoms with Crippen molar-refractivity contribution in [3.05, 3.63) is 93.6 Å². The molecule has 1 aliphatic rings. The summed E-state index contributed by atoms with van der Waals surface area (Å²) in [5.41, 5.74) is 1.72. The monoisotopic (exact) mass is 378 g/mol. The summed E-state index contributed by atoms with van der Waals surface area (Å²) in [5, 5.41) is 21.7. The zero-order valence-corrected chi connectivity index (χ0v) is 15.2. The van der Waals surface area contributed by atoms with Gasteiger partial charge in [0.05, 0.1) is 16.5 Å². The van der Waals surface area contributed by atoms with E-state index in [2.05, 4.69) is 6.58 Å². The number of nitro groups is 1. The van der Waals surface area contributed by atoms with Crippen LogP contribution in [0, 0.1) is 17.0 Å². The molecule has 0 saturated carbocycles. The van der Waals surface area contributed by atoms with Gasteiger partial charge in [-0.25, -0.2) is 0 Å². The summed E-state index contributed by atoms with van der Waals surface area (Å²) in [6.07, 6.45) is 1.48. The number of aliphatic hydroxyl groups excluding tert-OH is 1. The first-order valence-electron chi connectivity index (χ1n) is 8.56. The van der Waals surface area contributed by atoms with Crippen LogP contribution in [0.25, 0.3) is 5.76 Å². The number of nitro benzene ring substituents is 1. The molecular formula is C21H18N2O5. The predicted octanol–water partition coefficient (Wildman–Crippen LogP) is 3.51. The van der Waals surface area contributed by atoms with Crippen molar-refractivity contribution in [3.63, 3.8) is 0 Å². The van der Waals surface area contributed by atoms with Crippen molar-refractivity contribution in [2.45, 2.75) is 13.0 Å². The van der Waals surface area contributed by atoms with Gasteiger partial charge in [-0.3, -0.25) is 19.7 Å². The largest absolute Gasteiger partial charge is 0.507 e. The molecular weight excluding hydrogens is 360 g/mol. The predicted molar refractivity (Wildman–Crippen MR) is 103 cm³/mol. The van der Waals surface area contributed by atoms with Crippen LogP contribution in [0.3, 0.4) is 0 Å². The van der Waals surface area contributed by atoms with E-state index in [1.54, 1.807) is 24.3 Å². The van der Waals surface area contributed by atoms with E-state index in [-0.39, 0.29) is 23.6 Å². The van der Waals surface area contributed by atoms with E-state index in [1.807, 2.05) is 6.92 Å². The highest BCUT2D eigenvalue weighted by molar-refractivity contribution is 6.46. The fraction of sp³-hybridized carbons (Fsp3) is 0.143. The van der Waals surface area contributed by atoms with Gasteiger partial charge in [-0.15, -0.1) is 6.58 Å². The van der Waals surface area contributed by atoms with Gasteiger partial charge in [0.1, 0.15) is 5.76 Å². The average Bonchev–Trinajstić information content (AvgIpc) is 2.93. The fourth-order valence-corrected chi connectivity index (χ4v) is 3.20. The summed E-state index contributed by atoms with van der Waals surface area (Å²) in [4.78, 5) is 36.9. The molecule has 1 heterocycles. The summed E-state index contributed by atoms with van der Waals surface area (Å²) >= 11 is 0. The van der Waals surface area contributed by atoms with E-state index in [0.717, 1.165) is 5.56 Å². The van der Waals surface area contributed by atoms with Crippen LogP contribution in [0.5, 0.6) is 0 Å². The van der Waals surface area contributed by atoms with Crippen molar-refractivity contribution in [1.82, 2.24) is 4.90 Å². The van der Waals surface area contributed by atoms with Crippen molar-refractivity contribution in [3.8, 4) is 0 Å². The summed E-state index contributed by atoms with van der Waals surface area (Å²) in [6, 6.07) is 11.6. The minimum absolute atomic E-state index is 0.0513. The van der Waals surface area contributed by atoms with Gasteiger partial charge in [-0.2, -0.15) is 0 Å². The van der Waals surface area contributed by atoms with E-state index >= 15 is 0 Å². The first kappa shape index (κ1) is 19.0. The molecule has 0 aliphatic carbocycles. The topological polar surface area (TPSA) is 101 Å². The number of aliphatic hydroxyl groups is 1. The maximum absolute atomic E-state index is 12.7. The smallest absolute Gasteiger partial charge is 0.295 e. The Morgan fingerprint density at radius 2 is 1.79 bits per heavy atom. The van der Waals surface area contributed by atoms with Gasteiger partial charge in [0, 0.05) is 24.2 Å². The number of nitrogens with zero attached hydrogens (tertiary/aromatic N) is 2. The maximum Gasteiger partial charge on any atom is 0.295 e. The highest BCUT2D eigenvalue weighted by Gasteiger charge is 2.45. The number of hydrogen-bond donors (Lipinski definition) is 1. The summed E-state index contributed by atoms with van der Waals surface area (Å²) in [5.74, 6) is -1.84. The quantitative estimate of drug-likeness (QED) is 0.214. The third-order valence-corrected chi connectivity index (χ3v) is 4.61. The average molecular weight is 378 g/mol. The van der Waals surface area contributed by atoms with Gasteiger partial charge in [0.2, 0.25) is 0 Å². The Balaban J connectivity index is 2.17. The van der Waals surface area contributed by atoms with Crippen LogP contribution in [-0.2, 0) is 9.59 Å². The summed E-state index contributed by atoms with van der Waals surface area (Å²) in [7, 11) is 0.